The first-order valence-electron chi connectivity index (χ1n) is 14.3. The van der Waals surface area contributed by atoms with E-state index in [9.17, 15) is 5.11 Å². The van der Waals surface area contributed by atoms with Crippen LogP contribution in [0.15, 0.2) is 102 Å². The van der Waals surface area contributed by atoms with Crippen molar-refractivity contribution in [3.63, 3.8) is 0 Å². The van der Waals surface area contributed by atoms with E-state index in [1.807, 2.05) is 89.8 Å². The molecule has 0 aliphatic carbocycles. The van der Waals surface area contributed by atoms with E-state index in [-0.39, 0.29) is 26.8 Å². The van der Waals surface area contributed by atoms with Gasteiger partial charge in [0.05, 0.1) is 11.5 Å². The summed E-state index contributed by atoms with van der Waals surface area (Å²) in [7, 11) is 0. The second-order valence-corrected chi connectivity index (χ2v) is 11.3. The third-order valence-electron chi connectivity index (χ3n) is 7.92. The fourth-order valence-electron chi connectivity index (χ4n) is 5.85. The van der Waals surface area contributed by atoms with Gasteiger partial charge in [0.15, 0.2) is 5.58 Å². The molecule has 7 heteroatoms. The number of fused-ring (bicyclic) bond motifs is 3. The molecule has 1 aliphatic rings. The first-order chi connectivity index (χ1) is 20.4. The number of furan rings is 1. The van der Waals surface area contributed by atoms with Gasteiger partial charge in [0.1, 0.15) is 11.3 Å². The van der Waals surface area contributed by atoms with Crippen molar-refractivity contribution in [2.24, 2.45) is 0 Å². The Labute approximate surface area is 266 Å². The molecule has 7 rings (SSSR count). The van der Waals surface area contributed by atoms with Crippen LogP contribution in [0.3, 0.4) is 0 Å². The predicted octanol–water partition coefficient (Wildman–Crippen LogP) is 9.11. The molecule has 0 fully saturated rings. The Balaban J connectivity index is 0.00000329. The average Bonchev–Trinajstić information content (AvgIpc) is 3.75. The molecule has 6 nitrogen and oxygen atoms in total. The second-order valence-electron chi connectivity index (χ2n) is 11.3. The first kappa shape index (κ1) is 28.8. The number of para-hydroxylation sites is 2. The predicted molar refractivity (Wildman–Crippen MR) is 170 cm³/mol. The normalized spacial score (nSPS) is 13.2. The van der Waals surface area contributed by atoms with Crippen molar-refractivity contribution in [2.75, 3.05) is 9.80 Å². The van der Waals surface area contributed by atoms with Crippen LogP contribution in [0.2, 0.25) is 0 Å². The van der Waals surface area contributed by atoms with E-state index < -0.39 is 0 Å². The molecule has 6 aromatic rings. The Kier molecular flexibility index (Phi) is 7.66. The maximum atomic E-state index is 10.9. The van der Waals surface area contributed by atoms with E-state index in [2.05, 4.69) is 56.5 Å². The van der Waals surface area contributed by atoms with Gasteiger partial charge < -0.3 is 23.9 Å². The third kappa shape index (κ3) is 4.94. The van der Waals surface area contributed by atoms with Crippen molar-refractivity contribution >= 4 is 33.3 Å². The number of hydrogen-bond acceptors (Lipinski definition) is 5. The largest absolute Gasteiger partial charge is 2.00 e. The SMILES string of the molecule is CC(C)c1cccc(C(C)C)c1-n1ccnc1-c1[c-]c(N2C=CN(c3c(O)ccc4c3oc3ccccc34)[CH-]2)ccc1.[Pt+2]. The van der Waals surface area contributed by atoms with Gasteiger partial charge in [-0.25, -0.2) is 0 Å². The molecule has 0 spiro atoms. The Morgan fingerprint density at radius 3 is 2.28 bits per heavy atom. The van der Waals surface area contributed by atoms with Gasteiger partial charge in [-0.1, -0.05) is 69.8 Å². The standard InChI is InChI=1S/C36H32N4O2.Pt/c1-23(2)27-12-8-13-28(24(3)4)33(27)40-18-17-37-36(40)25-9-7-10-26(21-25)38-19-20-39(22-38)34-31(41)16-15-30-29-11-5-6-14-32(29)42-35(30)34;/h5-20,22-24,41H,1-4H3;/q-2;+2. The van der Waals surface area contributed by atoms with Crippen molar-refractivity contribution < 1.29 is 30.6 Å². The minimum atomic E-state index is 0. The van der Waals surface area contributed by atoms with E-state index in [0.717, 1.165) is 33.4 Å². The van der Waals surface area contributed by atoms with Crippen LogP contribution in [-0.4, -0.2) is 14.7 Å². The van der Waals surface area contributed by atoms with Gasteiger partial charge >= 0.3 is 21.1 Å². The van der Waals surface area contributed by atoms with Crippen molar-refractivity contribution in [3.05, 3.63) is 121 Å². The van der Waals surface area contributed by atoms with Crippen LogP contribution in [0.4, 0.5) is 11.4 Å². The van der Waals surface area contributed by atoms with Gasteiger partial charge in [0.2, 0.25) is 0 Å². The summed E-state index contributed by atoms with van der Waals surface area (Å²) in [6.45, 7) is 10.9. The molecule has 0 atom stereocenters. The monoisotopic (exact) mass is 747 g/mol. The maximum Gasteiger partial charge on any atom is 2.00 e. The zero-order chi connectivity index (χ0) is 29.0. The van der Waals surface area contributed by atoms with Gasteiger partial charge in [0.25, 0.3) is 0 Å². The number of phenols is 1. The average molecular weight is 748 g/mol. The van der Waals surface area contributed by atoms with Crippen LogP contribution in [0.1, 0.15) is 50.7 Å². The van der Waals surface area contributed by atoms with Crippen molar-refractivity contribution in [1.82, 2.24) is 9.55 Å². The Bertz CT molecular complexity index is 1940. The van der Waals surface area contributed by atoms with E-state index in [1.165, 1.54) is 16.8 Å². The smallest absolute Gasteiger partial charge is 0.506 e. The molecule has 1 N–H and O–H groups in total. The van der Waals surface area contributed by atoms with Gasteiger partial charge in [0, 0.05) is 28.9 Å². The van der Waals surface area contributed by atoms with Crippen LogP contribution < -0.4 is 9.80 Å². The molecule has 2 aromatic heterocycles. The number of hydrogen-bond donors (Lipinski definition) is 1. The number of rotatable bonds is 6. The number of anilines is 2. The zero-order valence-corrected chi connectivity index (χ0v) is 26.7. The number of benzene rings is 4. The van der Waals surface area contributed by atoms with Gasteiger partial charge in [-0.15, -0.1) is 36.5 Å². The number of aromatic nitrogens is 2. The summed E-state index contributed by atoms with van der Waals surface area (Å²) in [6.07, 6.45) is 7.77. The van der Waals surface area contributed by atoms with Crippen LogP contribution in [-0.2, 0) is 21.1 Å². The summed E-state index contributed by atoms with van der Waals surface area (Å²) in [4.78, 5) is 8.66. The summed E-state index contributed by atoms with van der Waals surface area (Å²) in [6, 6.07) is 27.8. The van der Waals surface area contributed by atoms with Crippen molar-refractivity contribution in [2.45, 2.75) is 39.5 Å². The topological polar surface area (TPSA) is 57.7 Å². The summed E-state index contributed by atoms with van der Waals surface area (Å²) in [5.74, 6) is 1.73. The molecule has 0 saturated heterocycles. The van der Waals surface area contributed by atoms with Crippen molar-refractivity contribution in [3.8, 4) is 22.8 Å². The maximum absolute atomic E-state index is 10.9. The molecule has 4 aromatic carbocycles. The molecule has 0 unspecified atom stereocenters. The van der Waals surface area contributed by atoms with Gasteiger partial charge in [-0.3, -0.25) is 4.98 Å². The van der Waals surface area contributed by atoms with E-state index in [4.69, 9.17) is 9.40 Å². The Morgan fingerprint density at radius 1 is 0.791 bits per heavy atom. The molecule has 1 aliphatic heterocycles. The zero-order valence-electron chi connectivity index (χ0n) is 24.4. The number of nitrogens with zero attached hydrogens (tertiary/aromatic N) is 4. The molecular weight excluding hydrogens is 716 g/mol. The van der Waals surface area contributed by atoms with E-state index >= 15 is 0 Å². The van der Waals surface area contributed by atoms with Crippen molar-refractivity contribution in [1.29, 1.82) is 0 Å². The minimum Gasteiger partial charge on any atom is -0.506 e. The van der Waals surface area contributed by atoms with Gasteiger partial charge in [-0.05, 0) is 53.6 Å². The first-order valence-corrected chi connectivity index (χ1v) is 14.3. The van der Waals surface area contributed by atoms with Crippen LogP contribution in [0, 0.1) is 12.7 Å². The second kappa shape index (κ2) is 11.4. The van der Waals surface area contributed by atoms with Gasteiger partial charge in [-0.2, -0.15) is 0 Å². The fraction of sp³-hybridized carbons (Fsp3) is 0.167. The molecular formula is C36H32N4O2Pt. The molecule has 3 heterocycles. The quantitative estimate of drug-likeness (QED) is 0.172. The molecule has 43 heavy (non-hydrogen) atoms. The summed E-state index contributed by atoms with van der Waals surface area (Å²) >= 11 is 0. The van der Waals surface area contributed by atoms with E-state index in [1.54, 1.807) is 6.07 Å². The van der Waals surface area contributed by atoms with E-state index in [0.29, 0.717) is 23.1 Å². The molecule has 218 valence electrons. The summed E-state index contributed by atoms with van der Waals surface area (Å²) in [5.41, 5.74) is 7.57. The molecule has 0 amide bonds. The fourth-order valence-corrected chi connectivity index (χ4v) is 5.85. The van der Waals surface area contributed by atoms with Crippen LogP contribution in [0.5, 0.6) is 5.75 Å². The number of phenolic OH excluding ortho intramolecular Hbond substituents is 1. The molecule has 0 saturated carbocycles. The van der Waals surface area contributed by atoms with Crippen LogP contribution >= 0.6 is 0 Å². The number of aromatic hydroxyl groups is 1. The third-order valence-corrected chi connectivity index (χ3v) is 7.92. The summed E-state index contributed by atoms with van der Waals surface area (Å²) < 4.78 is 8.41. The molecule has 0 bridgehead atoms. The molecule has 0 radical (unpaired) electrons. The Hall–Kier alpha value is -4.28. The minimum absolute atomic E-state index is 0. The number of imidazole rings is 1. The summed E-state index contributed by atoms with van der Waals surface area (Å²) in [5, 5.41) is 12.9. The Morgan fingerprint density at radius 2 is 1.51 bits per heavy atom. The van der Waals surface area contributed by atoms with Crippen LogP contribution in [0.25, 0.3) is 39.0 Å².